The van der Waals surface area contributed by atoms with Crippen molar-refractivity contribution in [1.29, 1.82) is 0 Å². The average Bonchev–Trinajstić information content (AvgIpc) is 3.00. The van der Waals surface area contributed by atoms with E-state index in [1.165, 1.54) is 17.9 Å². The van der Waals surface area contributed by atoms with Gasteiger partial charge in [-0.3, -0.25) is 9.69 Å². The van der Waals surface area contributed by atoms with Crippen LogP contribution in [0.5, 0.6) is 0 Å². The number of halogens is 1. The molecule has 3 saturated heterocycles. The summed E-state index contributed by atoms with van der Waals surface area (Å²) in [6, 6.07) is 5.71. The number of thioether (sulfide) groups is 1. The van der Waals surface area contributed by atoms with Gasteiger partial charge < -0.3 is 15.0 Å². The van der Waals surface area contributed by atoms with Crippen LogP contribution in [-0.4, -0.2) is 54.8 Å². The number of carbonyl (C=O) groups is 2. The number of benzene rings is 1. The molecule has 0 radical (unpaired) electrons. The minimum Gasteiger partial charge on any atom is -0.442 e. The molecule has 2 amide bonds. The van der Waals surface area contributed by atoms with Crippen molar-refractivity contribution in [2.45, 2.75) is 32.0 Å². The third-order valence-electron chi connectivity index (χ3n) is 5.48. The molecule has 1 N–H and O–H groups in total. The Balaban J connectivity index is 1.48. The van der Waals surface area contributed by atoms with Crippen molar-refractivity contribution in [2.24, 2.45) is 5.92 Å². The molecule has 3 fully saturated rings. The van der Waals surface area contributed by atoms with Crippen molar-refractivity contribution < 1.29 is 18.7 Å². The highest BCUT2D eigenvalue weighted by atomic mass is 32.2. The highest BCUT2D eigenvalue weighted by molar-refractivity contribution is 7.99. The van der Waals surface area contributed by atoms with Gasteiger partial charge in [0.05, 0.1) is 24.5 Å². The molecule has 3 aliphatic rings. The number of fused-ring (bicyclic) bond motifs is 2. The maximum atomic E-state index is 14.8. The second-order valence-corrected chi connectivity index (χ2v) is 8.20. The third-order valence-corrected chi connectivity index (χ3v) is 6.63. The molecule has 0 saturated carbocycles. The molecule has 140 valence electrons. The fraction of sp³-hybridized carbons (Fsp3) is 0.556. The second-order valence-electron chi connectivity index (χ2n) is 7.13. The summed E-state index contributed by atoms with van der Waals surface area (Å²) in [6.45, 7) is 4.19. The van der Waals surface area contributed by atoms with Crippen LogP contribution in [0.2, 0.25) is 0 Å². The van der Waals surface area contributed by atoms with Gasteiger partial charge in [0.15, 0.2) is 0 Å². The lowest BCUT2D eigenvalue weighted by atomic mass is 9.82. The number of rotatable bonds is 4. The fourth-order valence-electron chi connectivity index (χ4n) is 4.01. The van der Waals surface area contributed by atoms with E-state index >= 15 is 0 Å². The number of amides is 2. The number of nitrogens with zero attached hydrogens (tertiary/aromatic N) is 2. The van der Waals surface area contributed by atoms with Crippen molar-refractivity contribution in [3.05, 3.63) is 24.0 Å². The van der Waals surface area contributed by atoms with Crippen molar-refractivity contribution in [3.63, 3.8) is 0 Å². The van der Waals surface area contributed by atoms with Gasteiger partial charge in [0.1, 0.15) is 11.9 Å². The number of hydrogen-bond acceptors (Lipinski definition) is 5. The van der Waals surface area contributed by atoms with Crippen molar-refractivity contribution in [2.75, 3.05) is 34.4 Å². The lowest BCUT2D eigenvalue weighted by Crippen LogP contribution is -2.68. The predicted molar refractivity (Wildman–Crippen MR) is 99.2 cm³/mol. The zero-order valence-electron chi connectivity index (χ0n) is 14.8. The number of hydrogen-bond donors (Lipinski definition) is 1. The minimum atomic E-state index is -0.515. The first-order valence-electron chi connectivity index (χ1n) is 8.84. The summed E-state index contributed by atoms with van der Waals surface area (Å²) in [5.74, 6) is 2.17. The average molecular weight is 379 g/mol. The van der Waals surface area contributed by atoms with Crippen LogP contribution in [0, 0.1) is 11.7 Å². The highest BCUT2D eigenvalue weighted by Crippen LogP contribution is 2.45. The Morgan fingerprint density at radius 3 is 2.73 bits per heavy atom. The summed E-state index contributed by atoms with van der Waals surface area (Å²) in [4.78, 5) is 26.7. The molecule has 26 heavy (non-hydrogen) atoms. The number of anilines is 2. The molecule has 4 rings (SSSR count). The summed E-state index contributed by atoms with van der Waals surface area (Å²) in [7, 11) is 0. The van der Waals surface area contributed by atoms with E-state index in [9.17, 15) is 14.0 Å². The number of ether oxygens (including phenoxy) is 1. The SMILES string of the molecule is CC(=O)NC[C@H]1CN(c2ccc(N3C4CSCC3C4C)c(F)c2)C(=O)O1. The van der Waals surface area contributed by atoms with Gasteiger partial charge in [0, 0.05) is 30.5 Å². The smallest absolute Gasteiger partial charge is 0.414 e. The molecule has 2 bridgehead atoms. The van der Waals surface area contributed by atoms with E-state index in [0.717, 1.165) is 11.5 Å². The van der Waals surface area contributed by atoms with Gasteiger partial charge in [-0.05, 0) is 24.1 Å². The van der Waals surface area contributed by atoms with Crippen LogP contribution in [-0.2, 0) is 9.53 Å². The maximum Gasteiger partial charge on any atom is 0.414 e. The van der Waals surface area contributed by atoms with Crippen LogP contribution < -0.4 is 15.1 Å². The standard InChI is InChI=1S/C18H22FN3O3S/c1-10-16-8-26-9-17(10)22(16)15-4-3-12(5-14(15)19)21-7-13(25-18(21)24)6-20-11(2)23/h3-5,10,13,16-17H,6-9H2,1-2H3,(H,20,23)/t10?,13-,16?,17?/m0/s1. The number of cyclic esters (lactones) is 1. The monoisotopic (exact) mass is 379 g/mol. The van der Waals surface area contributed by atoms with Crippen LogP contribution in [0.3, 0.4) is 0 Å². The molecule has 0 aromatic heterocycles. The Bertz CT molecular complexity index is 734. The van der Waals surface area contributed by atoms with Gasteiger partial charge in [-0.15, -0.1) is 0 Å². The molecule has 8 heteroatoms. The van der Waals surface area contributed by atoms with E-state index in [1.807, 2.05) is 11.8 Å². The molecule has 1 aromatic rings. The Hall–Kier alpha value is -1.96. The van der Waals surface area contributed by atoms with Crippen LogP contribution in [0.4, 0.5) is 20.6 Å². The van der Waals surface area contributed by atoms with E-state index in [-0.39, 0.29) is 18.3 Å². The van der Waals surface area contributed by atoms with Gasteiger partial charge in [-0.1, -0.05) is 6.92 Å². The third kappa shape index (κ3) is 2.90. The Labute approximate surface area is 156 Å². The van der Waals surface area contributed by atoms with E-state index in [2.05, 4.69) is 17.1 Å². The van der Waals surface area contributed by atoms with Gasteiger partial charge in [-0.2, -0.15) is 11.8 Å². The first-order valence-corrected chi connectivity index (χ1v) is 9.99. The maximum absolute atomic E-state index is 14.8. The van der Waals surface area contributed by atoms with E-state index in [4.69, 9.17) is 4.74 Å². The summed E-state index contributed by atoms with van der Waals surface area (Å²) in [5, 5.41) is 2.63. The molecule has 0 aliphatic carbocycles. The Kier molecular flexibility index (Phi) is 4.46. The number of nitrogens with one attached hydrogen (secondary N) is 1. The zero-order chi connectivity index (χ0) is 18.4. The first-order chi connectivity index (χ1) is 12.5. The predicted octanol–water partition coefficient (Wildman–Crippen LogP) is 2.23. The second kappa shape index (κ2) is 6.64. The topological polar surface area (TPSA) is 61.9 Å². The van der Waals surface area contributed by atoms with E-state index < -0.39 is 12.2 Å². The first kappa shape index (κ1) is 17.5. The van der Waals surface area contributed by atoms with Gasteiger partial charge in [-0.25, -0.2) is 9.18 Å². The molecule has 1 aromatic carbocycles. The lowest BCUT2D eigenvalue weighted by Gasteiger charge is -2.59. The minimum absolute atomic E-state index is 0.178. The molecule has 3 heterocycles. The van der Waals surface area contributed by atoms with Gasteiger partial charge in [0.25, 0.3) is 0 Å². The summed E-state index contributed by atoms with van der Waals surface area (Å²) < 4.78 is 20.0. The zero-order valence-corrected chi connectivity index (χ0v) is 15.6. The molecule has 3 aliphatic heterocycles. The van der Waals surface area contributed by atoms with Crippen molar-refractivity contribution in [3.8, 4) is 0 Å². The van der Waals surface area contributed by atoms with E-state index in [1.54, 1.807) is 12.1 Å². The quantitative estimate of drug-likeness (QED) is 0.869. The fourth-order valence-corrected chi connectivity index (χ4v) is 5.56. The molecular weight excluding hydrogens is 357 g/mol. The molecule has 3 atom stereocenters. The summed E-state index contributed by atoms with van der Waals surface area (Å²) in [6.07, 6.45) is -0.944. The van der Waals surface area contributed by atoms with Crippen LogP contribution in [0.1, 0.15) is 13.8 Å². The Morgan fingerprint density at radius 2 is 2.12 bits per heavy atom. The van der Waals surface area contributed by atoms with Crippen LogP contribution in [0.25, 0.3) is 0 Å². The van der Waals surface area contributed by atoms with Crippen LogP contribution >= 0.6 is 11.8 Å². The summed E-state index contributed by atoms with van der Waals surface area (Å²) in [5.41, 5.74) is 1.10. The van der Waals surface area contributed by atoms with Crippen LogP contribution in [0.15, 0.2) is 18.2 Å². The lowest BCUT2D eigenvalue weighted by molar-refractivity contribution is -0.119. The normalized spacial score (nSPS) is 30.0. The van der Waals surface area contributed by atoms with E-state index in [0.29, 0.717) is 35.9 Å². The Morgan fingerprint density at radius 1 is 1.38 bits per heavy atom. The van der Waals surface area contributed by atoms with Gasteiger partial charge >= 0.3 is 6.09 Å². The molecular formula is C18H22FN3O3S. The molecule has 6 nitrogen and oxygen atoms in total. The molecule has 2 unspecified atom stereocenters. The highest BCUT2D eigenvalue weighted by Gasteiger charge is 2.49. The van der Waals surface area contributed by atoms with Crippen molar-refractivity contribution >= 4 is 35.1 Å². The number of carbonyl (C=O) groups excluding carboxylic acids is 2. The van der Waals surface area contributed by atoms with Gasteiger partial charge in [0.2, 0.25) is 5.91 Å². The largest absolute Gasteiger partial charge is 0.442 e. The summed E-state index contributed by atoms with van der Waals surface area (Å²) >= 11 is 1.93. The van der Waals surface area contributed by atoms with Crippen molar-refractivity contribution in [1.82, 2.24) is 5.32 Å². The molecule has 0 spiro atoms.